The second-order valence-corrected chi connectivity index (χ2v) is 5.59. The number of hydrogen-bond acceptors (Lipinski definition) is 3. The molecule has 1 aliphatic heterocycles. The average Bonchev–Trinajstić information content (AvgIpc) is 2.85. The molecule has 3 rings (SSSR count). The molecular weight excluding hydrogens is 314 g/mol. The largest absolute Gasteiger partial charge is 0.325 e. The number of anilines is 2. The van der Waals surface area contributed by atoms with Crippen LogP contribution in [0.4, 0.5) is 11.4 Å². The monoisotopic (exact) mass is 327 g/mol. The van der Waals surface area contributed by atoms with Crippen LogP contribution in [0.15, 0.2) is 59.7 Å². The summed E-state index contributed by atoms with van der Waals surface area (Å²) in [7, 11) is 0. The van der Waals surface area contributed by atoms with Crippen LogP contribution in [0.5, 0.6) is 0 Å². The Labute approximate surface area is 138 Å². The van der Waals surface area contributed by atoms with Crippen molar-refractivity contribution in [1.82, 2.24) is 0 Å². The molecule has 6 heteroatoms. The van der Waals surface area contributed by atoms with Gasteiger partial charge >= 0.3 is 0 Å². The first-order valence-corrected chi connectivity index (χ1v) is 7.44. The minimum atomic E-state index is -0.925. The Balaban J connectivity index is 1.78. The maximum atomic E-state index is 12.5. The van der Waals surface area contributed by atoms with E-state index in [9.17, 15) is 9.59 Å². The average molecular weight is 328 g/mol. The summed E-state index contributed by atoms with van der Waals surface area (Å²) in [5.74, 6) is -1.69. The summed E-state index contributed by atoms with van der Waals surface area (Å²) >= 11 is 5.82. The molecule has 0 aromatic heterocycles. The summed E-state index contributed by atoms with van der Waals surface area (Å²) in [6.07, 6.45) is 0. The van der Waals surface area contributed by atoms with Gasteiger partial charge in [-0.05, 0) is 43.3 Å². The molecule has 2 aromatic rings. The van der Waals surface area contributed by atoms with Crippen molar-refractivity contribution in [2.75, 3.05) is 10.3 Å². The summed E-state index contributed by atoms with van der Waals surface area (Å²) < 4.78 is 0. The van der Waals surface area contributed by atoms with E-state index in [1.165, 1.54) is 5.01 Å². The highest BCUT2D eigenvalue weighted by Gasteiger charge is 2.39. The number of carbonyl (C=O) groups excluding carboxylic acids is 2. The van der Waals surface area contributed by atoms with E-state index >= 15 is 0 Å². The normalized spacial score (nSPS) is 17.1. The highest BCUT2D eigenvalue weighted by atomic mass is 35.5. The van der Waals surface area contributed by atoms with E-state index in [0.717, 1.165) is 0 Å². The summed E-state index contributed by atoms with van der Waals surface area (Å²) in [4.78, 5) is 25.0. The maximum Gasteiger partial charge on any atom is 0.265 e. The molecule has 2 amide bonds. The zero-order valence-corrected chi connectivity index (χ0v) is 13.1. The SMILES string of the molecule is CC1=NN(c2ccccc2)C(=O)[C@H]1C(=O)Nc1ccc(Cl)cc1. The van der Waals surface area contributed by atoms with Gasteiger partial charge in [-0.2, -0.15) is 10.1 Å². The lowest BCUT2D eigenvalue weighted by Gasteiger charge is -2.14. The molecule has 0 saturated carbocycles. The predicted molar refractivity (Wildman–Crippen MR) is 90.6 cm³/mol. The molecule has 5 nitrogen and oxygen atoms in total. The van der Waals surface area contributed by atoms with E-state index in [2.05, 4.69) is 10.4 Å². The van der Waals surface area contributed by atoms with E-state index in [-0.39, 0.29) is 5.91 Å². The molecule has 116 valence electrons. The van der Waals surface area contributed by atoms with Crippen molar-refractivity contribution in [2.24, 2.45) is 11.0 Å². The van der Waals surface area contributed by atoms with Crippen LogP contribution >= 0.6 is 11.6 Å². The topological polar surface area (TPSA) is 61.8 Å². The molecule has 0 spiro atoms. The number of amides is 2. The second kappa shape index (κ2) is 6.22. The van der Waals surface area contributed by atoms with Crippen molar-refractivity contribution in [3.63, 3.8) is 0 Å². The molecule has 1 N–H and O–H groups in total. The van der Waals surface area contributed by atoms with Crippen LogP contribution < -0.4 is 10.3 Å². The molecule has 0 unspecified atom stereocenters. The van der Waals surface area contributed by atoms with Gasteiger partial charge in [-0.25, -0.2) is 0 Å². The van der Waals surface area contributed by atoms with Crippen LogP contribution in [0.3, 0.4) is 0 Å². The third-order valence-corrected chi connectivity index (χ3v) is 3.76. The number of hydrazone groups is 1. The van der Waals surface area contributed by atoms with Crippen LogP contribution in [0, 0.1) is 5.92 Å². The molecular formula is C17H14ClN3O2. The van der Waals surface area contributed by atoms with E-state index in [1.807, 2.05) is 18.2 Å². The fraction of sp³-hybridized carbons (Fsp3) is 0.118. The number of para-hydroxylation sites is 1. The maximum absolute atomic E-state index is 12.5. The number of hydrogen-bond donors (Lipinski definition) is 1. The second-order valence-electron chi connectivity index (χ2n) is 5.16. The van der Waals surface area contributed by atoms with E-state index in [1.54, 1.807) is 43.3 Å². The van der Waals surface area contributed by atoms with Crippen LogP contribution in [-0.2, 0) is 9.59 Å². The molecule has 0 bridgehead atoms. The van der Waals surface area contributed by atoms with Crippen LogP contribution in [0.1, 0.15) is 6.92 Å². The number of halogens is 1. The Morgan fingerprint density at radius 2 is 1.78 bits per heavy atom. The van der Waals surface area contributed by atoms with Crippen molar-refractivity contribution >= 4 is 40.5 Å². The Morgan fingerprint density at radius 3 is 2.43 bits per heavy atom. The van der Waals surface area contributed by atoms with Gasteiger partial charge in [0, 0.05) is 10.7 Å². The van der Waals surface area contributed by atoms with Gasteiger partial charge in [-0.3, -0.25) is 9.59 Å². The molecule has 23 heavy (non-hydrogen) atoms. The molecule has 1 heterocycles. The third kappa shape index (κ3) is 3.10. The highest BCUT2D eigenvalue weighted by molar-refractivity contribution is 6.31. The van der Waals surface area contributed by atoms with Gasteiger partial charge in [-0.1, -0.05) is 29.8 Å². The van der Waals surface area contributed by atoms with E-state index < -0.39 is 11.8 Å². The minimum absolute atomic E-state index is 0.361. The molecule has 0 fully saturated rings. The van der Waals surface area contributed by atoms with Crippen molar-refractivity contribution < 1.29 is 9.59 Å². The van der Waals surface area contributed by atoms with Crippen molar-refractivity contribution in [1.29, 1.82) is 0 Å². The van der Waals surface area contributed by atoms with E-state index in [0.29, 0.717) is 22.1 Å². The van der Waals surface area contributed by atoms with Gasteiger partial charge in [0.15, 0.2) is 5.92 Å². The zero-order valence-electron chi connectivity index (χ0n) is 12.4. The number of nitrogens with zero attached hydrogens (tertiary/aromatic N) is 2. The molecule has 2 aromatic carbocycles. The van der Waals surface area contributed by atoms with E-state index in [4.69, 9.17) is 11.6 Å². The Hall–Kier alpha value is -2.66. The minimum Gasteiger partial charge on any atom is -0.325 e. The summed E-state index contributed by atoms with van der Waals surface area (Å²) in [6.45, 7) is 1.67. The first-order chi connectivity index (χ1) is 11.1. The number of carbonyl (C=O) groups is 2. The fourth-order valence-electron chi connectivity index (χ4n) is 2.37. The summed E-state index contributed by atoms with van der Waals surface area (Å²) in [5.41, 5.74) is 1.68. The lowest BCUT2D eigenvalue weighted by atomic mass is 10.0. The molecule has 0 saturated heterocycles. The molecule has 1 atom stereocenters. The van der Waals surface area contributed by atoms with Crippen molar-refractivity contribution in [3.05, 3.63) is 59.6 Å². The van der Waals surface area contributed by atoms with Gasteiger partial charge in [-0.15, -0.1) is 0 Å². The first kappa shape index (κ1) is 15.2. The number of benzene rings is 2. The molecule has 0 aliphatic carbocycles. The van der Waals surface area contributed by atoms with Crippen LogP contribution in [0.2, 0.25) is 5.02 Å². The molecule has 0 radical (unpaired) electrons. The Kier molecular flexibility index (Phi) is 4.12. The van der Waals surface area contributed by atoms with Gasteiger partial charge in [0.1, 0.15) is 0 Å². The zero-order chi connectivity index (χ0) is 16.4. The lowest BCUT2D eigenvalue weighted by molar-refractivity contribution is -0.127. The summed E-state index contributed by atoms with van der Waals surface area (Å²) in [6, 6.07) is 15.7. The highest BCUT2D eigenvalue weighted by Crippen LogP contribution is 2.24. The quantitative estimate of drug-likeness (QED) is 0.879. The Morgan fingerprint density at radius 1 is 1.13 bits per heavy atom. The smallest absolute Gasteiger partial charge is 0.265 e. The fourth-order valence-corrected chi connectivity index (χ4v) is 2.50. The van der Waals surface area contributed by atoms with Crippen LogP contribution in [-0.4, -0.2) is 17.5 Å². The first-order valence-electron chi connectivity index (χ1n) is 7.07. The van der Waals surface area contributed by atoms with Gasteiger partial charge in [0.25, 0.3) is 5.91 Å². The van der Waals surface area contributed by atoms with Crippen molar-refractivity contribution in [3.8, 4) is 0 Å². The van der Waals surface area contributed by atoms with Crippen molar-refractivity contribution in [2.45, 2.75) is 6.92 Å². The number of rotatable bonds is 3. The third-order valence-electron chi connectivity index (χ3n) is 3.51. The standard InChI is InChI=1S/C17H14ClN3O2/c1-11-15(16(22)19-13-9-7-12(18)8-10-13)17(23)21(20-11)14-5-3-2-4-6-14/h2-10,15H,1H3,(H,19,22)/t15-/m1/s1. The molecule has 1 aliphatic rings. The predicted octanol–water partition coefficient (Wildman–Crippen LogP) is 3.32. The van der Waals surface area contributed by atoms with Gasteiger partial charge < -0.3 is 5.32 Å². The summed E-state index contributed by atoms with van der Waals surface area (Å²) in [5, 5.41) is 8.78. The van der Waals surface area contributed by atoms with Crippen LogP contribution in [0.25, 0.3) is 0 Å². The van der Waals surface area contributed by atoms with Gasteiger partial charge in [0.2, 0.25) is 5.91 Å². The number of nitrogens with one attached hydrogen (secondary N) is 1. The Bertz CT molecular complexity index is 772. The van der Waals surface area contributed by atoms with Gasteiger partial charge in [0.05, 0.1) is 11.4 Å². The lowest BCUT2D eigenvalue weighted by Crippen LogP contribution is -2.36.